The Morgan fingerprint density at radius 1 is 0.875 bits per heavy atom. The van der Waals surface area contributed by atoms with Crippen molar-refractivity contribution in [1.29, 1.82) is 0 Å². The average Bonchev–Trinajstić information content (AvgIpc) is 2.98. The molecule has 0 spiro atoms. The summed E-state index contributed by atoms with van der Waals surface area (Å²) in [7, 11) is -4.09. The van der Waals surface area contributed by atoms with Gasteiger partial charge in [-0.05, 0) is 30.7 Å². The first kappa shape index (κ1) is 22.9. The van der Waals surface area contributed by atoms with Gasteiger partial charge >= 0.3 is 0 Å². The second-order valence-electron chi connectivity index (χ2n) is 8.09. The van der Waals surface area contributed by atoms with Crippen LogP contribution in [0.5, 0.6) is 0 Å². The molecule has 0 radical (unpaired) electrons. The van der Waals surface area contributed by atoms with Gasteiger partial charge in [-0.15, -0.1) is 0 Å². The molecule has 4 rings (SSSR count). The fourth-order valence-corrected chi connectivity index (χ4v) is 5.28. The van der Waals surface area contributed by atoms with E-state index in [1.807, 2.05) is 6.07 Å². The van der Waals surface area contributed by atoms with Gasteiger partial charge in [0.2, 0.25) is 10.0 Å². The molecule has 0 aromatic heterocycles. The molecule has 0 saturated carbocycles. The van der Waals surface area contributed by atoms with Crippen LogP contribution in [0.4, 0.5) is 0 Å². The molecule has 32 heavy (non-hydrogen) atoms. The number of imide groups is 1. The van der Waals surface area contributed by atoms with Gasteiger partial charge in [-0.2, -0.15) is 0 Å². The summed E-state index contributed by atoms with van der Waals surface area (Å²) in [5, 5.41) is 4.99. The standard InChI is InChI=1S/C22H25ClN4O4S/c23-19-13-17-18(14-20(19)32(24,30)31)22(29)27(21(17)28)8-4-7-25-9-11-26(12-10-25)15-16-5-2-1-3-6-16/h1-3,5-6,13-14H,4,7-12,15H2,(H2,24,30,31). The maximum atomic E-state index is 12.7. The van der Waals surface area contributed by atoms with Gasteiger partial charge in [-0.25, -0.2) is 13.6 Å². The van der Waals surface area contributed by atoms with Crippen molar-refractivity contribution in [1.82, 2.24) is 14.7 Å². The van der Waals surface area contributed by atoms with Crippen molar-refractivity contribution in [2.45, 2.75) is 17.9 Å². The molecule has 2 aliphatic heterocycles. The lowest BCUT2D eigenvalue weighted by molar-refractivity contribution is 0.0640. The highest BCUT2D eigenvalue weighted by Gasteiger charge is 2.37. The van der Waals surface area contributed by atoms with E-state index in [-0.39, 0.29) is 27.6 Å². The number of carbonyl (C=O) groups is 2. The number of primary sulfonamides is 1. The lowest BCUT2D eigenvalue weighted by atomic mass is 10.1. The number of fused-ring (bicyclic) bond motifs is 1. The number of hydrogen-bond donors (Lipinski definition) is 1. The van der Waals surface area contributed by atoms with Gasteiger partial charge in [0.25, 0.3) is 11.8 Å². The molecule has 10 heteroatoms. The quantitative estimate of drug-likeness (QED) is 0.611. The Labute approximate surface area is 192 Å². The number of carbonyl (C=O) groups excluding carboxylic acids is 2. The number of amides is 2. The Bertz CT molecular complexity index is 1130. The predicted octanol–water partition coefficient (Wildman–Crippen LogP) is 1.79. The second-order valence-corrected chi connectivity index (χ2v) is 10.0. The summed E-state index contributed by atoms with van der Waals surface area (Å²) in [5.41, 5.74) is 1.44. The largest absolute Gasteiger partial charge is 0.301 e. The first-order valence-corrected chi connectivity index (χ1v) is 12.4. The summed E-state index contributed by atoms with van der Waals surface area (Å²) in [4.78, 5) is 30.9. The van der Waals surface area contributed by atoms with Gasteiger partial charge < -0.3 is 4.90 Å². The van der Waals surface area contributed by atoms with Crippen LogP contribution in [0.3, 0.4) is 0 Å². The molecule has 2 aromatic carbocycles. The molecule has 1 fully saturated rings. The van der Waals surface area contributed by atoms with E-state index in [1.54, 1.807) is 0 Å². The normalized spacial score (nSPS) is 17.8. The summed E-state index contributed by atoms with van der Waals surface area (Å²) in [6.07, 6.45) is 0.639. The molecule has 2 heterocycles. The number of halogens is 1. The smallest absolute Gasteiger partial charge is 0.261 e. The lowest BCUT2D eigenvalue weighted by Gasteiger charge is -2.34. The monoisotopic (exact) mass is 476 g/mol. The van der Waals surface area contributed by atoms with Crippen LogP contribution in [0.1, 0.15) is 32.7 Å². The van der Waals surface area contributed by atoms with Crippen molar-refractivity contribution < 1.29 is 18.0 Å². The summed E-state index contributed by atoms with van der Waals surface area (Å²) < 4.78 is 23.3. The molecular weight excluding hydrogens is 452 g/mol. The van der Waals surface area contributed by atoms with Crippen molar-refractivity contribution in [2.75, 3.05) is 39.3 Å². The van der Waals surface area contributed by atoms with Crippen LogP contribution in [0, 0.1) is 0 Å². The Balaban J connectivity index is 1.29. The molecule has 0 atom stereocenters. The summed E-state index contributed by atoms with van der Waals surface area (Å²) >= 11 is 5.97. The van der Waals surface area contributed by atoms with Crippen LogP contribution >= 0.6 is 11.6 Å². The number of sulfonamides is 1. The Morgan fingerprint density at radius 2 is 1.47 bits per heavy atom. The third-order valence-electron chi connectivity index (χ3n) is 5.90. The minimum absolute atomic E-state index is 0.0259. The lowest BCUT2D eigenvalue weighted by Crippen LogP contribution is -2.46. The number of rotatable bonds is 7. The maximum absolute atomic E-state index is 12.7. The van der Waals surface area contributed by atoms with Crippen molar-refractivity contribution in [2.24, 2.45) is 5.14 Å². The van der Waals surface area contributed by atoms with Crippen molar-refractivity contribution in [3.8, 4) is 0 Å². The minimum Gasteiger partial charge on any atom is -0.301 e. The van der Waals surface area contributed by atoms with Crippen LogP contribution in [0.25, 0.3) is 0 Å². The average molecular weight is 477 g/mol. The van der Waals surface area contributed by atoms with Crippen LogP contribution in [-0.2, 0) is 16.6 Å². The molecule has 2 amide bonds. The van der Waals surface area contributed by atoms with E-state index in [1.165, 1.54) is 11.6 Å². The first-order valence-electron chi connectivity index (χ1n) is 10.5. The highest BCUT2D eigenvalue weighted by Crippen LogP contribution is 2.30. The molecule has 2 aliphatic rings. The van der Waals surface area contributed by atoms with Gasteiger partial charge in [-0.3, -0.25) is 19.4 Å². The fraction of sp³-hybridized carbons (Fsp3) is 0.364. The van der Waals surface area contributed by atoms with Crippen molar-refractivity contribution in [3.05, 3.63) is 64.2 Å². The van der Waals surface area contributed by atoms with Gasteiger partial charge in [0, 0.05) is 39.3 Å². The fourth-order valence-electron chi connectivity index (χ4n) is 4.18. The van der Waals surface area contributed by atoms with Gasteiger partial charge in [0.15, 0.2) is 0 Å². The molecule has 0 unspecified atom stereocenters. The Morgan fingerprint density at radius 3 is 2.09 bits per heavy atom. The topological polar surface area (TPSA) is 104 Å². The van der Waals surface area contributed by atoms with Crippen LogP contribution in [-0.4, -0.2) is 74.2 Å². The minimum atomic E-state index is -4.09. The van der Waals surface area contributed by atoms with E-state index in [0.29, 0.717) is 6.42 Å². The highest BCUT2D eigenvalue weighted by atomic mass is 35.5. The van der Waals surface area contributed by atoms with E-state index in [4.69, 9.17) is 16.7 Å². The van der Waals surface area contributed by atoms with Gasteiger partial charge in [-0.1, -0.05) is 41.9 Å². The molecule has 2 N–H and O–H groups in total. The van der Waals surface area contributed by atoms with E-state index >= 15 is 0 Å². The molecule has 2 aromatic rings. The molecular formula is C22H25ClN4O4S. The highest BCUT2D eigenvalue weighted by molar-refractivity contribution is 7.89. The molecule has 0 bridgehead atoms. The Kier molecular flexibility index (Phi) is 6.64. The zero-order chi connectivity index (χ0) is 22.9. The SMILES string of the molecule is NS(=O)(=O)c1cc2c(cc1Cl)C(=O)N(CCCN1CCN(Cc3ccccc3)CC1)C2=O. The zero-order valence-corrected chi connectivity index (χ0v) is 19.1. The van der Waals surface area contributed by atoms with Crippen LogP contribution < -0.4 is 5.14 Å². The number of benzene rings is 2. The maximum Gasteiger partial charge on any atom is 0.261 e. The summed E-state index contributed by atoms with van der Waals surface area (Å²) in [6, 6.07) is 12.7. The van der Waals surface area contributed by atoms with Gasteiger partial charge in [0.1, 0.15) is 4.90 Å². The number of nitrogens with zero attached hydrogens (tertiary/aromatic N) is 3. The summed E-state index contributed by atoms with van der Waals surface area (Å²) in [5.74, 6) is -0.972. The summed E-state index contributed by atoms with van der Waals surface area (Å²) in [6.45, 7) is 5.78. The Hall–Kier alpha value is -2.30. The van der Waals surface area contributed by atoms with Gasteiger partial charge in [0.05, 0.1) is 16.1 Å². The zero-order valence-electron chi connectivity index (χ0n) is 17.5. The van der Waals surface area contributed by atoms with E-state index in [0.717, 1.165) is 50.2 Å². The number of nitrogens with two attached hydrogens (primary N) is 1. The predicted molar refractivity (Wildman–Crippen MR) is 121 cm³/mol. The third-order valence-corrected chi connectivity index (χ3v) is 7.28. The van der Waals surface area contributed by atoms with E-state index in [2.05, 4.69) is 34.1 Å². The number of hydrogen-bond acceptors (Lipinski definition) is 6. The van der Waals surface area contributed by atoms with Crippen molar-refractivity contribution in [3.63, 3.8) is 0 Å². The second kappa shape index (κ2) is 9.29. The van der Waals surface area contributed by atoms with Crippen molar-refractivity contribution >= 4 is 33.4 Å². The molecule has 170 valence electrons. The van der Waals surface area contributed by atoms with Crippen LogP contribution in [0.2, 0.25) is 5.02 Å². The molecule has 0 aliphatic carbocycles. The molecule has 8 nitrogen and oxygen atoms in total. The van der Waals surface area contributed by atoms with Crippen LogP contribution in [0.15, 0.2) is 47.4 Å². The van der Waals surface area contributed by atoms with E-state index in [9.17, 15) is 18.0 Å². The number of piperazine rings is 1. The third kappa shape index (κ3) is 4.87. The first-order chi connectivity index (χ1) is 15.2. The molecule has 1 saturated heterocycles. The van der Waals surface area contributed by atoms with E-state index < -0.39 is 21.8 Å².